The van der Waals surface area contributed by atoms with Crippen LogP contribution in [0.15, 0.2) is 42.5 Å². The molecule has 0 aliphatic rings. The number of carbonyl (C=O) groups is 2. The minimum Gasteiger partial charge on any atom is -0.497 e. The van der Waals surface area contributed by atoms with Gasteiger partial charge in [-0.05, 0) is 42.3 Å². The number of methoxy groups -OCH3 is 2. The van der Waals surface area contributed by atoms with Crippen molar-refractivity contribution in [2.45, 2.75) is 12.8 Å². The van der Waals surface area contributed by atoms with Crippen LogP contribution in [0, 0.1) is 0 Å². The van der Waals surface area contributed by atoms with Gasteiger partial charge in [0, 0.05) is 30.8 Å². The number of amides is 2. The molecular weight excluding hydrogens is 320 g/mol. The van der Waals surface area contributed by atoms with Crippen LogP contribution in [0.2, 0.25) is 0 Å². The number of rotatable bonds is 7. The molecule has 0 spiro atoms. The number of ether oxygens (including phenoxy) is 2. The lowest BCUT2D eigenvalue weighted by Crippen LogP contribution is -2.18. The quantitative estimate of drug-likeness (QED) is 0.811. The van der Waals surface area contributed by atoms with E-state index in [1.54, 1.807) is 51.6 Å². The summed E-state index contributed by atoms with van der Waals surface area (Å²) in [5.41, 5.74) is 2.04. The van der Waals surface area contributed by atoms with E-state index >= 15 is 0 Å². The first kappa shape index (κ1) is 18.3. The highest BCUT2D eigenvalue weighted by atomic mass is 16.5. The normalized spacial score (nSPS) is 10.0. The molecule has 0 atom stereocenters. The Bertz CT molecular complexity index is 737. The Hall–Kier alpha value is -3.02. The Morgan fingerprint density at radius 1 is 1.00 bits per heavy atom. The van der Waals surface area contributed by atoms with Crippen LogP contribution in [0.4, 0.5) is 5.69 Å². The standard InChI is InChI=1S/C19H22N2O4/c1-20-19(23)14-5-4-6-15(11-14)21-18(22)8-7-13-9-16(24-2)12-17(10-13)25-3/h4-6,9-12H,7-8H2,1-3H3,(H,20,23)(H,21,22). The summed E-state index contributed by atoms with van der Waals surface area (Å²) in [7, 11) is 4.74. The van der Waals surface area contributed by atoms with Crippen molar-refractivity contribution in [3.8, 4) is 11.5 Å². The van der Waals surface area contributed by atoms with Crippen molar-refractivity contribution < 1.29 is 19.1 Å². The second-order valence-electron chi connectivity index (χ2n) is 5.43. The van der Waals surface area contributed by atoms with E-state index in [2.05, 4.69) is 10.6 Å². The molecule has 0 aliphatic heterocycles. The van der Waals surface area contributed by atoms with Crippen molar-refractivity contribution >= 4 is 17.5 Å². The van der Waals surface area contributed by atoms with Crippen LogP contribution >= 0.6 is 0 Å². The molecule has 6 heteroatoms. The molecule has 0 bridgehead atoms. The molecule has 0 fully saturated rings. The third-order valence-electron chi connectivity index (χ3n) is 3.69. The van der Waals surface area contributed by atoms with Gasteiger partial charge in [0.05, 0.1) is 14.2 Å². The van der Waals surface area contributed by atoms with Gasteiger partial charge >= 0.3 is 0 Å². The van der Waals surface area contributed by atoms with Crippen LogP contribution in [-0.4, -0.2) is 33.1 Å². The van der Waals surface area contributed by atoms with Gasteiger partial charge in [-0.2, -0.15) is 0 Å². The highest BCUT2D eigenvalue weighted by Crippen LogP contribution is 2.23. The molecule has 132 valence electrons. The Morgan fingerprint density at radius 2 is 1.68 bits per heavy atom. The van der Waals surface area contributed by atoms with Crippen molar-refractivity contribution in [3.63, 3.8) is 0 Å². The smallest absolute Gasteiger partial charge is 0.251 e. The maximum Gasteiger partial charge on any atom is 0.251 e. The lowest BCUT2D eigenvalue weighted by Gasteiger charge is -2.09. The summed E-state index contributed by atoms with van der Waals surface area (Å²) in [5.74, 6) is 1.05. The monoisotopic (exact) mass is 342 g/mol. The fourth-order valence-electron chi connectivity index (χ4n) is 2.37. The molecule has 25 heavy (non-hydrogen) atoms. The van der Waals surface area contributed by atoms with Gasteiger partial charge in [-0.25, -0.2) is 0 Å². The van der Waals surface area contributed by atoms with Crippen molar-refractivity contribution in [3.05, 3.63) is 53.6 Å². The summed E-state index contributed by atoms with van der Waals surface area (Å²) in [6.45, 7) is 0. The topological polar surface area (TPSA) is 76.7 Å². The zero-order valence-electron chi connectivity index (χ0n) is 14.6. The highest BCUT2D eigenvalue weighted by molar-refractivity contribution is 5.97. The minimum atomic E-state index is -0.195. The molecule has 2 rings (SSSR count). The van der Waals surface area contributed by atoms with Gasteiger partial charge in [-0.15, -0.1) is 0 Å². The third-order valence-corrected chi connectivity index (χ3v) is 3.69. The summed E-state index contributed by atoms with van der Waals surface area (Å²) in [5, 5.41) is 5.36. The highest BCUT2D eigenvalue weighted by Gasteiger charge is 2.08. The zero-order valence-corrected chi connectivity index (χ0v) is 14.6. The molecule has 0 saturated carbocycles. The molecular formula is C19H22N2O4. The van der Waals surface area contributed by atoms with E-state index in [1.807, 2.05) is 12.1 Å². The Balaban J connectivity index is 1.98. The van der Waals surface area contributed by atoms with Crippen molar-refractivity contribution in [1.82, 2.24) is 5.32 Å². The second-order valence-corrected chi connectivity index (χ2v) is 5.43. The van der Waals surface area contributed by atoms with Gasteiger partial charge in [0.1, 0.15) is 11.5 Å². The van der Waals surface area contributed by atoms with Gasteiger partial charge in [-0.3, -0.25) is 9.59 Å². The summed E-state index contributed by atoms with van der Waals surface area (Å²) >= 11 is 0. The van der Waals surface area contributed by atoms with Crippen LogP contribution in [0.3, 0.4) is 0 Å². The van der Waals surface area contributed by atoms with Crippen molar-refractivity contribution in [1.29, 1.82) is 0 Å². The first-order chi connectivity index (χ1) is 12.0. The Labute approximate surface area is 147 Å². The number of anilines is 1. The average Bonchev–Trinajstić information content (AvgIpc) is 2.65. The molecule has 2 aromatic rings. The molecule has 0 radical (unpaired) electrons. The lowest BCUT2D eigenvalue weighted by molar-refractivity contribution is -0.116. The van der Waals surface area contributed by atoms with E-state index in [1.165, 1.54) is 0 Å². The summed E-state index contributed by atoms with van der Waals surface area (Å²) in [6, 6.07) is 12.4. The Kier molecular flexibility index (Phi) is 6.39. The van der Waals surface area contributed by atoms with E-state index in [0.717, 1.165) is 5.56 Å². The van der Waals surface area contributed by atoms with Crippen LogP contribution in [0.5, 0.6) is 11.5 Å². The first-order valence-corrected chi connectivity index (χ1v) is 7.89. The fraction of sp³-hybridized carbons (Fsp3) is 0.263. The molecule has 0 heterocycles. The zero-order chi connectivity index (χ0) is 18.2. The minimum absolute atomic E-state index is 0.129. The van der Waals surface area contributed by atoms with Gasteiger partial charge in [0.15, 0.2) is 0 Å². The molecule has 6 nitrogen and oxygen atoms in total. The summed E-state index contributed by atoms with van der Waals surface area (Å²) in [4.78, 5) is 23.8. The number of nitrogens with one attached hydrogen (secondary N) is 2. The molecule has 2 aromatic carbocycles. The van der Waals surface area contributed by atoms with Crippen LogP contribution in [0.1, 0.15) is 22.3 Å². The number of benzene rings is 2. The molecule has 0 aromatic heterocycles. The van der Waals surface area contributed by atoms with Gasteiger partial charge in [0.2, 0.25) is 5.91 Å². The molecule has 0 saturated heterocycles. The van der Waals surface area contributed by atoms with E-state index in [9.17, 15) is 9.59 Å². The number of carbonyl (C=O) groups excluding carboxylic acids is 2. The third kappa shape index (κ3) is 5.24. The van der Waals surface area contributed by atoms with Gasteiger partial charge in [-0.1, -0.05) is 6.07 Å². The largest absolute Gasteiger partial charge is 0.497 e. The predicted molar refractivity (Wildman–Crippen MR) is 96.3 cm³/mol. The van der Waals surface area contributed by atoms with E-state index in [0.29, 0.717) is 35.6 Å². The van der Waals surface area contributed by atoms with Gasteiger partial charge in [0.25, 0.3) is 5.91 Å². The van der Waals surface area contributed by atoms with E-state index in [-0.39, 0.29) is 11.8 Å². The Morgan fingerprint density at radius 3 is 2.28 bits per heavy atom. The maximum atomic E-state index is 12.2. The predicted octanol–water partition coefficient (Wildman–Crippen LogP) is 2.63. The SMILES string of the molecule is CNC(=O)c1cccc(NC(=O)CCc2cc(OC)cc(OC)c2)c1. The summed E-state index contributed by atoms with van der Waals surface area (Å²) in [6.07, 6.45) is 0.856. The average molecular weight is 342 g/mol. The molecule has 2 N–H and O–H groups in total. The van der Waals surface area contributed by atoms with Crippen molar-refractivity contribution in [2.75, 3.05) is 26.6 Å². The van der Waals surface area contributed by atoms with Gasteiger partial charge < -0.3 is 20.1 Å². The second kappa shape index (κ2) is 8.73. The van der Waals surface area contributed by atoms with Crippen molar-refractivity contribution in [2.24, 2.45) is 0 Å². The van der Waals surface area contributed by atoms with E-state index < -0.39 is 0 Å². The molecule has 0 aliphatic carbocycles. The first-order valence-electron chi connectivity index (χ1n) is 7.89. The molecule has 2 amide bonds. The van der Waals surface area contributed by atoms with Crippen LogP contribution < -0.4 is 20.1 Å². The number of hydrogen-bond acceptors (Lipinski definition) is 4. The lowest BCUT2D eigenvalue weighted by atomic mass is 10.1. The summed E-state index contributed by atoms with van der Waals surface area (Å²) < 4.78 is 10.5. The van der Waals surface area contributed by atoms with Crippen LogP contribution in [-0.2, 0) is 11.2 Å². The maximum absolute atomic E-state index is 12.2. The van der Waals surface area contributed by atoms with E-state index in [4.69, 9.17) is 9.47 Å². The number of hydrogen-bond donors (Lipinski definition) is 2. The number of aryl methyl sites for hydroxylation is 1. The molecule has 0 unspecified atom stereocenters. The van der Waals surface area contributed by atoms with Crippen LogP contribution in [0.25, 0.3) is 0 Å². The fourth-order valence-corrected chi connectivity index (χ4v) is 2.37.